The maximum atomic E-state index is 12.8. The Kier molecular flexibility index (Phi) is 7.15. The quantitative estimate of drug-likeness (QED) is 0.517. The van der Waals surface area contributed by atoms with E-state index in [1.807, 2.05) is 0 Å². The molecule has 0 spiro atoms. The summed E-state index contributed by atoms with van der Waals surface area (Å²) in [6.07, 6.45) is 2.72. The van der Waals surface area contributed by atoms with Crippen molar-refractivity contribution in [3.8, 4) is 5.75 Å². The van der Waals surface area contributed by atoms with Crippen LogP contribution in [0.3, 0.4) is 0 Å². The van der Waals surface area contributed by atoms with Crippen LogP contribution >= 0.6 is 31.9 Å². The summed E-state index contributed by atoms with van der Waals surface area (Å²) in [4.78, 5) is 23.3. The van der Waals surface area contributed by atoms with E-state index in [1.165, 1.54) is 36.4 Å². The van der Waals surface area contributed by atoms with E-state index in [-0.39, 0.29) is 12.4 Å². The molecule has 0 aliphatic rings. The molecule has 0 heterocycles. The predicted molar refractivity (Wildman–Crippen MR) is 99.1 cm³/mol. The summed E-state index contributed by atoms with van der Waals surface area (Å²) in [5.74, 6) is -0.895. The van der Waals surface area contributed by atoms with Gasteiger partial charge < -0.3 is 4.74 Å². The van der Waals surface area contributed by atoms with Gasteiger partial charge in [0.1, 0.15) is 11.6 Å². The first-order valence-electron chi connectivity index (χ1n) is 7.04. The second-order valence-corrected chi connectivity index (χ2v) is 6.56. The fraction of sp³-hybridized carbons (Fsp3) is 0.0588. The molecule has 0 aromatic heterocycles. The molecular weight excluding hydrogens is 459 g/mol. The highest BCUT2D eigenvalue weighted by molar-refractivity contribution is 9.11. The van der Waals surface area contributed by atoms with E-state index in [1.54, 1.807) is 18.2 Å². The molecule has 0 bridgehead atoms. The van der Waals surface area contributed by atoms with Gasteiger partial charge in [0.05, 0.1) is 4.47 Å². The first-order valence-corrected chi connectivity index (χ1v) is 8.63. The molecule has 2 aromatic rings. The molecule has 2 aromatic carbocycles. The molecule has 5 nitrogen and oxygen atoms in total. The van der Waals surface area contributed by atoms with Gasteiger partial charge in [-0.15, -0.1) is 0 Å². The maximum Gasteiger partial charge on any atom is 0.276 e. The number of amides is 2. The van der Waals surface area contributed by atoms with Gasteiger partial charge in [0.2, 0.25) is 0 Å². The van der Waals surface area contributed by atoms with E-state index in [0.717, 1.165) is 4.47 Å². The van der Waals surface area contributed by atoms with Gasteiger partial charge >= 0.3 is 0 Å². The van der Waals surface area contributed by atoms with Gasteiger partial charge in [-0.05, 0) is 57.9 Å². The molecule has 0 saturated heterocycles. The summed E-state index contributed by atoms with van der Waals surface area (Å²) in [7, 11) is 0. The molecule has 0 fully saturated rings. The Bertz CT molecular complexity index is 795. The van der Waals surface area contributed by atoms with Crippen LogP contribution in [0.5, 0.6) is 5.75 Å². The van der Waals surface area contributed by atoms with Crippen LogP contribution in [0.1, 0.15) is 5.56 Å². The van der Waals surface area contributed by atoms with E-state index in [9.17, 15) is 14.0 Å². The summed E-state index contributed by atoms with van der Waals surface area (Å²) in [5, 5.41) is 0. The van der Waals surface area contributed by atoms with Crippen LogP contribution in [0, 0.1) is 5.82 Å². The molecule has 0 saturated carbocycles. The Morgan fingerprint density at radius 3 is 2.48 bits per heavy atom. The van der Waals surface area contributed by atoms with Crippen LogP contribution in [0.4, 0.5) is 4.39 Å². The van der Waals surface area contributed by atoms with E-state index in [4.69, 9.17) is 4.74 Å². The second kappa shape index (κ2) is 9.33. The highest BCUT2D eigenvalue weighted by Gasteiger charge is 2.06. The van der Waals surface area contributed by atoms with Crippen molar-refractivity contribution < 1.29 is 18.7 Å². The average Bonchev–Trinajstić information content (AvgIpc) is 2.58. The molecule has 0 aliphatic heterocycles. The van der Waals surface area contributed by atoms with Crippen molar-refractivity contribution in [3.05, 3.63) is 68.9 Å². The number of hydrogen-bond donors (Lipinski definition) is 2. The lowest BCUT2D eigenvalue weighted by Crippen LogP contribution is -2.43. The number of ether oxygens (including phenoxy) is 1. The molecule has 130 valence electrons. The van der Waals surface area contributed by atoms with E-state index >= 15 is 0 Å². The minimum absolute atomic E-state index is 0.262. The van der Waals surface area contributed by atoms with Crippen molar-refractivity contribution in [2.75, 3.05) is 6.61 Å². The standard InChI is InChI=1S/C17H13Br2FN2O3/c18-12-4-7-15(14(19)9-12)25-10-17(24)22-21-16(23)8-3-11-1-5-13(20)6-2-11/h1-9H,10H2,(H,21,23)(H,22,24)/b8-3+. The van der Waals surface area contributed by atoms with Crippen molar-refractivity contribution in [3.63, 3.8) is 0 Å². The van der Waals surface area contributed by atoms with Crippen LogP contribution in [0.25, 0.3) is 6.08 Å². The lowest BCUT2D eigenvalue weighted by atomic mass is 10.2. The summed E-state index contributed by atoms with van der Waals surface area (Å²) >= 11 is 6.63. The molecule has 0 unspecified atom stereocenters. The summed E-state index contributed by atoms with van der Waals surface area (Å²) in [6.45, 7) is -0.262. The zero-order valence-corrected chi connectivity index (χ0v) is 15.9. The third-order valence-corrected chi connectivity index (χ3v) is 3.99. The van der Waals surface area contributed by atoms with Gasteiger partial charge in [0.15, 0.2) is 6.61 Å². The van der Waals surface area contributed by atoms with Gasteiger partial charge in [-0.25, -0.2) is 4.39 Å². The molecule has 25 heavy (non-hydrogen) atoms. The number of halogens is 3. The number of carbonyl (C=O) groups excluding carboxylic acids is 2. The zero-order valence-electron chi connectivity index (χ0n) is 12.8. The first-order chi connectivity index (χ1) is 11.9. The van der Waals surface area contributed by atoms with Crippen LogP contribution in [0.2, 0.25) is 0 Å². The van der Waals surface area contributed by atoms with Crippen molar-refractivity contribution in [1.82, 2.24) is 10.9 Å². The molecule has 0 aliphatic carbocycles. The Morgan fingerprint density at radius 1 is 1.08 bits per heavy atom. The lowest BCUT2D eigenvalue weighted by Gasteiger charge is -2.09. The van der Waals surface area contributed by atoms with Gasteiger partial charge in [-0.1, -0.05) is 28.1 Å². The molecule has 8 heteroatoms. The van der Waals surface area contributed by atoms with Gasteiger partial charge in [0, 0.05) is 10.5 Å². The summed E-state index contributed by atoms with van der Waals surface area (Å²) in [6, 6.07) is 10.9. The van der Waals surface area contributed by atoms with E-state index < -0.39 is 11.8 Å². The fourth-order valence-corrected chi connectivity index (χ4v) is 2.85. The van der Waals surface area contributed by atoms with Gasteiger partial charge in [0.25, 0.3) is 11.8 Å². The summed E-state index contributed by atoms with van der Waals surface area (Å²) in [5.41, 5.74) is 5.11. The van der Waals surface area contributed by atoms with Crippen molar-refractivity contribution in [1.29, 1.82) is 0 Å². The first kappa shape index (κ1) is 19.1. The number of nitrogens with one attached hydrogen (secondary N) is 2. The Hall–Kier alpha value is -2.19. The van der Waals surface area contributed by atoms with Crippen LogP contribution < -0.4 is 15.6 Å². The Morgan fingerprint density at radius 2 is 1.80 bits per heavy atom. The zero-order chi connectivity index (χ0) is 18.2. The largest absolute Gasteiger partial charge is 0.483 e. The van der Waals surface area contributed by atoms with Crippen LogP contribution in [0.15, 0.2) is 57.5 Å². The van der Waals surface area contributed by atoms with Crippen LogP contribution in [-0.4, -0.2) is 18.4 Å². The summed E-state index contributed by atoms with van der Waals surface area (Å²) < 4.78 is 19.7. The van der Waals surface area contributed by atoms with Crippen molar-refractivity contribution in [2.45, 2.75) is 0 Å². The minimum Gasteiger partial charge on any atom is -0.483 e. The third kappa shape index (κ3) is 6.67. The number of benzene rings is 2. The SMILES string of the molecule is O=C(/C=C/c1ccc(F)cc1)NNC(=O)COc1ccc(Br)cc1Br. The topological polar surface area (TPSA) is 67.4 Å². The van der Waals surface area contributed by atoms with E-state index in [0.29, 0.717) is 15.8 Å². The number of rotatable bonds is 5. The van der Waals surface area contributed by atoms with E-state index in [2.05, 4.69) is 42.7 Å². The lowest BCUT2D eigenvalue weighted by molar-refractivity contribution is -0.128. The maximum absolute atomic E-state index is 12.8. The van der Waals surface area contributed by atoms with Crippen molar-refractivity contribution >= 4 is 49.8 Å². The van der Waals surface area contributed by atoms with Crippen LogP contribution in [-0.2, 0) is 9.59 Å². The molecule has 2 N–H and O–H groups in total. The van der Waals surface area contributed by atoms with Gasteiger partial charge in [-0.3, -0.25) is 20.4 Å². The van der Waals surface area contributed by atoms with Crippen molar-refractivity contribution in [2.24, 2.45) is 0 Å². The minimum atomic E-state index is -0.525. The molecular formula is C17H13Br2FN2O3. The van der Waals surface area contributed by atoms with Gasteiger partial charge in [-0.2, -0.15) is 0 Å². The Balaban J connectivity index is 1.75. The average molecular weight is 472 g/mol. The molecule has 2 rings (SSSR count). The Labute approximate surface area is 160 Å². The monoisotopic (exact) mass is 470 g/mol. The molecule has 0 radical (unpaired) electrons. The highest BCUT2D eigenvalue weighted by atomic mass is 79.9. The highest BCUT2D eigenvalue weighted by Crippen LogP contribution is 2.27. The predicted octanol–water partition coefficient (Wildman–Crippen LogP) is 3.59. The number of hydrazine groups is 1. The molecule has 0 atom stereocenters. The normalized spacial score (nSPS) is 10.5. The fourth-order valence-electron chi connectivity index (χ4n) is 1.69. The number of hydrogen-bond acceptors (Lipinski definition) is 3. The third-order valence-electron chi connectivity index (χ3n) is 2.87. The molecule has 2 amide bonds. The number of carbonyl (C=O) groups is 2. The smallest absolute Gasteiger partial charge is 0.276 e. The second-order valence-electron chi connectivity index (χ2n) is 4.79.